The predicted molar refractivity (Wildman–Crippen MR) is 117 cm³/mol. The summed E-state index contributed by atoms with van der Waals surface area (Å²) >= 11 is 0. The average Bonchev–Trinajstić information content (AvgIpc) is 3.36. The van der Waals surface area contributed by atoms with E-state index < -0.39 is 0 Å². The van der Waals surface area contributed by atoms with Crippen molar-refractivity contribution in [2.24, 2.45) is 46.3 Å². The summed E-state index contributed by atoms with van der Waals surface area (Å²) in [4.78, 5) is 13.3. The number of alkyl halides is 1. The van der Waals surface area contributed by atoms with Crippen molar-refractivity contribution in [3.63, 3.8) is 0 Å². The van der Waals surface area contributed by atoms with Crippen LogP contribution in [-0.2, 0) is 11.3 Å². The number of fused-ring (bicyclic) bond motifs is 5. The molecule has 0 saturated heterocycles. The zero-order valence-electron chi connectivity index (χ0n) is 19.0. The summed E-state index contributed by atoms with van der Waals surface area (Å²) in [7, 11) is 0. The molecule has 8 unspecified atom stereocenters. The molecule has 0 radical (unpaired) electrons. The van der Waals surface area contributed by atoms with Crippen molar-refractivity contribution in [1.29, 1.82) is 5.26 Å². The molecule has 0 spiro atoms. The Hall–Kier alpha value is -1.70. The second kappa shape index (κ2) is 7.71. The van der Waals surface area contributed by atoms with Gasteiger partial charge in [0.15, 0.2) is 5.78 Å². The van der Waals surface area contributed by atoms with Crippen LogP contribution in [0.4, 0.5) is 4.39 Å². The number of rotatable bonds is 4. The second-order valence-electron chi connectivity index (χ2n) is 11.6. The molecule has 0 aliphatic heterocycles. The number of aromatic nitrogens is 2. The number of carbonyl (C=O) groups excluding carboxylic acids is 1. The highest BCUT2D eigenvalue weighted by Gasteiger charge is 2.62. The Bertz CT molecular complexity index is 889. The van der Waals surface area contributed by atoms with E-state index in [1.54, 1.807) is 10.9 Å². The zero-order chi connectivity index (χ0) is 21.8. The third-order valence-electron chi connectivity index (χ3n) is 10.3. The predicted octanol–water partition coefficient (Wildman–Crippen LogP) is 5.57. The molecule has 4 nitrogen and oxygen atoms in total. The van der Waals surface area contributed by atoms with Gasteiger partial charge in [-0.05, 0) is 86.4 Å². The first-order valence-electron chi connectivity index (χ1n) is 12.4. The summed E-state index contributed by atoms with van der Waals surface area (Å²) < 4.78 is 16.4. The fourth-order valence-electron chi connectivity index (χ4n) is 8.83. The van der Waals surface area contributed by atoms with Crippen LogP contribution in [0.3, 0.4) is 0 Å². The lowest BCUT2D eigenvalue weighted by molar-refractivity contribution is -0.144. The van der Waals surface area contributed by atoms with Gasteiger partial charge in [0.25, 0.3) is 0 Å². The fraction of sp³-hybridized carbons (Fsp3) is 0.808. The van der Waals surface area contributed by atoms with Crippen molar-refractivity contribution >= 4 is 5.78 Å². The molecule has 4 fully saturated rings. The lowest BCUT2D eigenvalue weighted by Gasteiger charge is -2.61. The van der Waals surface area contributed by atoms with Gasteiger partial charge in [-0.25, -0.2) is 0 Å². The first kappa shape index (κ1) is 21.2. The topological polar surface area (TPSA) is 58.7 Å². The molecule has 4 aliphatic carbocycles. The van der Waals surface area contributed by atoms with Crippen molar-refractivity contribution < 1.29 is 9.18 Å². The van der Waals surface area contributed by atoms with Crippen molar-refractivity contribution in [3.05, 3.63) is 18.0 Å². The summed E-state index contributed by atoms with van der Waals surface area (Å²) in [6, 6.07) is 2.08. The standard InChI is InChI=1S/C26H36FN3O/c1-17-7-10-26(16-27)19(11-17)3-4-20-21-5-6-23(25(21,2)9-8-22(20)26)24(31)15-30-14-18(12-28)13-29-30/h13-14,17,19-23H,3-11,15-16H2,1-2H3. The van der Waals surface area contributed by atoms with Gasteiger partial charge in [0, 0.05) is 17.5 Å². The lowest BCUT2D eigenvalue weighted by atomic mass is 9.44. The Morgan fingerprint density at radius 3 is 2.81 bits per heavy atom. The Morgan fingerprint density at radius 1 is 1.23 bits per heavy atom. The van der Waals surface area contributed by atoms with Gasteiger partial charge in [0.1, 0.15) is 6.07 Å². The Kier molecular flexibility index (Phi) is 5.26. The highest BCUT2D eigenvalue weighted by atomic mass is 19.1. The molecule has 0 aromatic carbocycles. The van der Waals surface area contributed by atoms with Crippen LogP contribution in [-0.4, -0.2) is 22.2 Å². The number of halogens is 1. The first-order chi connectivity index (χ1) is 14.9. The van der Waals surface area contributed by atoms with E-state index in [4.69, 9.17) is 5.26 Å². The summed E-state index contributed by atoms with van der Waals surface area (Å²) in [6.07, 6.45) is 13.3. The van der Waals surface area contributed by atoms with E-state index >= 15 is 0 Å². The van der Waals surface area contributed by atoms with Crippen molar-refractivity contribution in [2.45, 2.75) is 78.2 Å². The monoisotopic (exact) mass is 425 g/mol. The Morgan fingerprint density at radius 2 is 2.06 bits per heavy atom. The number of nitriles is 1. The summed E-state index contributed by atoms with van der Waals surface area (Å²) in [5.41, 5.74) is 0.455. The largest absolute Gasteiger partial charge is 0.297 e. The van der Waals surface area contributed by atoms with Gasteiger partial charge < -0.3 is 0 Å². The molecular weight excluding hydrogens is 389 g/mol. The maximum atomic E-state index is 14.7. The summed E-state index contributed by atoms with van der Waals surface area (Å²) in [5, 5.41) is 13.2. The highest BCUT2D eigenvalue weighted by molar-refractivity contribution is 5.82. The number of hydrogen-bond donors (Lipinski definition) is 0. The number of hydrogen-bond acceptors (Lipinski definition) is 3. The number of carbonyl (C=O) groups is 1. The molecule has 4 saturated carbocycles. The first-order valence-corrected chi connectivity index (χ1v) is 12.4. The van der Waals surface area contributed by atoms with E-state index in [2.05, 4.69) is 25.0 Å². The zero-order valence-corrected chi connectivity index (χ0v) is 19.0. The van der Waals surface area contributed by atoms with Crippen LogP contribution in [0.25, 0.3) is 0 Å². The van der Waals surface area contributed by atoms with E-state index in [1.807, 2.05) is 0 Å². The molecule has 5 heteroatoms. The molecule has 0 N–H and O–H groups in total. The van der Waals surface area contributed by atoms with Crippen LogP contribution in [0.5, 0.6) is 0 Å². The van der Waals surface area contributed by atoms with Gasteiger partial charge in [0.2, 0.25) is 0 Å². The molecule has 1 aromatic heterocycles. The van der Waals surface area contributed by atoms with Gasteiger partial charge in [-0.3, -0.25) is 13.9 Å². The van der Waals surface area contributed by atoms with Crippen LogP contribution < -0.4 is 0 Å². The van der Waals surface area contributed by atoms with Crippen LogP contribution in [0.15, 0.2) is 12.4 Å². The number of ketones is 1. The minimum Gasteiger partial charge on any atom is -0.297 e. The molecule has 168 valence electrons. The molecule has 1 aromatic rings. The minimum absolute atomic E-state index is 0.0375. The van der Waals surface area contributed by atoms with Gasteiger partial charge in [-0.15, -0.1) is 0 Å². The second-order valence-corrected chi connectivity index (χ2v) is 11.6. The van der Waals surface area contributed by atoms with Crippen molar-refractivity contribution in [2.75, 3.05) is 6.67 Å². The molecular formula is C26H36FN3O. The van der Waals surface area contributed by atoms with Gasteiger partial charge in [0.05, 0.1) is 25.0 Å². The third kappa shape index (κ3) is 3.19. The van der Waals surface area contributed by atoms with Crippen molar-refractivity contribution in [1.82, 2.24) is 9.78 Å². The van der Waals surface area contributed by atoms with Crippen LogP contribution >= 0.6 is 0 Å². The minimum atomic E-state index is -0.141. The van der Waals surface area contributed by atoms with Crippen molar-refractivity contribution in [3.8, 4) is 6.07 Å². The molecule has 4 aliphatic rings. The average molecular weight is 426 g/mol. The third-order valence-corrected chi connectivity index (χ3v) is 10.3. The quantitative estimate of drug-likeness (QED) is 0.634. The number of nitrogens with zero attached hydrogens (tertiary/aromatic N) is 3. The van der Waals surface area contributed by atoms with Gasteiger partial charge >= 0.3 is 0 Å². The highest BCUT2D eigenvalue weighted by Crippen LogP contribution is 2.68. The fourth-order valence-corrected chi connectivity index (χ4v) is 8.83. The maximum Gasteiger partial charge on any atom is 0.157 e. The van der Waals surface area contributed by atoms with E-state index in [9.17, 15) is 9.18 Å². The van der Waals surface area contributed by atoms with Gasteiger partial charge in [-0.1, -0.05) is 20.3 Å². The van der Waals surface area contributed by atoms with E-state index in [0.29, 0.717) is 29.2 Å². The summed E-state index contributed by atoms with van der Waals surface area (Å²) in [6.45, 7) is 4.82. The Labute approximate surface area is 185 Å². The maximum absolute atomic E-state index is 14.7. The smallest absolute Gasteiger partial charge is 0.157 e. The Balaban J connectivity index is 1.35. The molecule has 0 amide bonds. The van der Waals surface area contributed by atoms with Gasteiger partial charge in [-0.2, -0.15) is 10.4 Å². The summed E-state index contributed by atoms with van der Waals surface area (Å²) in [5.74, 6) is 3.30. The molecule has 1 heterocycles. The van der Waals surface area contributed by atoms with Crippen LogP contribution in [0, 0.1) is 57.7 Å². The normalized spacial score (nSPS) is 44.1. The SMILES string of the molecule is CC1CCC2(CF)C(CCC3C4CCC(C(=O)Cn5cc(C#N)cn5)C4(C)CCC32)C1. The molecule has 5 rings (SSSR count). The van der Waals surface area contributed by atoms with E-state index in [1.165, 1.54) is 31.9 Å². The molecule has 31 heavy (non-hydrogen) atoms. The van der Waals surface area contributed by atoms with Crippen LogP contribution in [0.2, 0.25) is 0 Å². The van der Waals surface area contributed by atoms with E-state index in [0.717, 1.165) is 38.0 Å². The molecule has 8 atom stereocenters. The number of Topliss-reactive ketones (excluding diaryl/α,β-unsaturated/α-hetero) is 1. The lowest BCUT2D eigenvalue weighted by Crippen LogP contribution is -2.55. The van der Waals surface area contributed by atoms with E-state index in [-0.39, 0.29) is 35.8 Å². The molecule has 0 bridgehead atoms. The van der Waals surface area contributed by atoms with Crippen LogP contribution in [0.1, 0.15) is 77.2 Å².